The zero-order chi connectivity index (χ0) is 28.7. The summed E-state index contributed by atoms with van der Waals surface area (Å²) in [6.07, 6.45) is -8.00. The Hall–Kier alpha value is -3.91. The molecule has 0 bridgehead atoms. The molecule has 2 aromatic heterocycles. The van der Waals surface area contributed by atoms with Crippen LogP contribution in [0.5, 0.6) is 0 Å². The maximum absolute atomic E-state index is 13.6. The van der Waals surface area contributed by atoms with Gasteiger partial charge in [0.15, 0.2) is 0 Å². The van der Waals surface area contributed by atoms with E-state index in [0.29, 0.717) is 49.6 Å². The SMILES string of the molecule is NCc1n[nH]nc1CN1CCN(C(=O)c2cc(C(F)(F)F)cc(C(F)(F)F)c2)C(Cc2c[nH]c3ccccc23)C1. The minimum absolute atomic E-state index is 0.0189. The van der Waals surface area contributed by atoms with E-state index < -0.39 is 41.0 Å². The largest absolute Gasteiger partial charge is 0.416 e. The number of nitrogens with two attached hydrogens (primary N) is 1. The molecule has 0 aliphatic carbocycles. The summed E-state index contributed by atoms with van der Waals surface area (Å²) in [6.45, 7) is 1.22. The molecule has 0 radical (unpaired) electrons. The van der Waals surface area contributed by atoms with Crippen molar-refractivity contribution in [2.24, 2.45) is 5.73 Å². The maximum atomic E-state index is 13.6. The zero-order valence-corrected chi connectivity index (χ0v) is 21.0. The second-order valence-electron chi connectivity index (χ2n) is 9.67. The Bertz CT molecular complexity index is 1480. The van der Waals surface area contributed by atoms with E-state index in [1.807, 2.05) is 29.2 Å². The van der Waals surface area contributed by atoms with Gasteiger partial charge in [0.1, 0.15) is 11.4 Å². The second-order valence-corrected chi connectivity index (χ2v) is 9.67. The van der Waals surface area contributed by atoms with Crippen LogP contribution >= 0.6 is 0 Å². The van der Waals surface area contributed by atoms with Gasteiger partial charge in [-0.1, -0.05) is 18.2 Å². The molecule has 3 heterocycles. The van der Waals surface area contributed by atoms with Crippen molar-refractivity contribution >= 4 is 16.8 Å². The Morgan fingerprint density at radius 1 is 0.975 bits per heavy atom. The van der Waals surface area contributed by atoms with Gasteiger partial charge in [0.2, 0.25) is 0 Å². The third-order valence-corrected chi connectivity index (χ3v) is 7.06. The molecule has 1 atom stereocenters. The van der Waals surface area contributed by atoms with Crippen LogP contribution in [0.25, 0.3) is 10.9 Å². The van der Waals surface area contributed by atoms with Crippen molar-refractivity contribution in [3.63, 3.8) is 0 Å². The Labute approximate surface area is 224 Å². The van der Waals surface area contributed by atoms with E-state index in [9.17, 15) is 31.1 Å². The van der Waals surface area contributed by atoms with Gasteiger partial charge in [-0.05, 0) is 36.2 Å². The summed E-state index contributed by atoms with van der Waals surface area (Å²) in [5.74, 6) is -0.898. The lowest BCUT2D eigenvalue weighted by molar-refractivity contribution is -0.143. The molecule has 14 heteroatoms. The van der Waals surface area contributed by atoms with Gasteiger partial charge >= 0.3 is 12.4 Å². The van der Waals surface area contributed by atoms with Crippen molar-refractivity contribution in [1.82, 2.24) is 30.2 Å². The summed E-state index contributed by atoms with van der Waals surface area (Å²) in [4.78, 5) is 20.1. The minimum Gasteiger partial charge on any atom is -0.361 e. The van der Waals surface area contributed by atoms with Gasteiger partial charge in [-0.15, -0.1) is 0 Å². The monoisotopic (exact) mass is 565 g/mol. The van der Waals surface area contributed by atoms with Crippen LogP contribution in [-0.4, -0.2) is 61.8 Å². The van der Waals surface area contributed by atoms with E-state index in [0.717, 1.165) is 16.5 Å². The average Bonchev–Trinajstić information content (AvgIpc) is 3.54. The van der Waals surface area contributed by atoms with E-state index >= 15 is 0 Å². The van der Waals surface area contributed by atoms with Crippen LogP contribution in [0.2, 0.25) is 0 Å². The number of H-pyrrole nitrogens is 2. The quantitative estimate of drug-likeness (QED) is 0.302. The van der Waals surface area contributed by atoms with Crippen LogP contribution < -0.4 is 5.73 Å². The number of amides is 1. The van der Waals surface area contributed by atoms with Crippen molar-refractivity contribution in [3.8, 4) is 0 Å². The lowest BCUT2D eigenvalue weighted by Gasteiger charge is -2.41. The van der Waals surface area contributed by atoms with Crippen LogP contribution in [0.1, 0.15) is 38.4 Å². The zero-order valence-electron chi connectivity index (χ0n) is 21.0. The molecular weight excluding hydrogens is 540 g/mol. The maximum Gasteiger partial charge on any atom is 0.416 e. The number of piperazine rings is 1. The average molecular weight is 566 g/mol. The summed E-state index contributed by atoms with van der Waals surface area (Å²) >= 11 is 0. The first-order chi connectivity index (χ1) is 18.9. The summed E-state index contributed by atoms with van der Waals surface area (Å²) < 4.78 is 80.9. The molecule has 0 spiro atoms. The number of aromatic nitrogens is 4. The lowest BCUT2D eigenvalue weighted by Crippen LogP contribution is -2.55. The van der Waals surface area contributed by atoms with Crippen LogP contribution in [0.3, 0.4) is 0 Å². The van der Waals surface area contributed by atoms with Crippen LogP contribution in [0.15, 0.2) is 48.7 Å². The molecule has 1 saturated heterocycles. The Kier molecular flexibility index (Phi) is 7.31. The number of aromatic amines is 2. The Morgan fingerprint density at radius 2 is 1.65 bits per heavy atom. The first kappa shape index (κ1) is 27.6. The van der Waals surface area contributed by atoms with E-state index in [1.54, 1.807) is 6.20 Å². The second kappa shape index (κ2) is 10.6. The van der Waals surface area contributed by atoms with Crippen molar-refractivity contribution in [2.45, 2.75) is 37.9 Å². The summed E-state index contributed by atoms with van der Waals surface area (Å²) in [5, 5.41) is 11.6. The molecule has 1 aliphatic heterocycles. The molecule has 1 fully saturated rings. The van der Waals surface area contributed by atoms with E-state index in [4.69, 9.17) is 5.73 Å². The van der Waals surface area contributed by atoms with E-state index in [2.05, 4.69) is 20.4 Å². The van der Waals surface area contributed by atoms with Gasteiger partial charge < -0.3 is 15.6 Å². The van der Waals surface area contributed by atoms with Crippen molar-refractivity contribution in [1.29, 1.82) is 0 Å². The molecule has 212 valence electrons. The third-order valence-electron chi connectivity index (χ3n) is 7.06. The van der Waals surface area contributed by atoms with Gasteiger partial charge in [-0.2, -0.15) is 41.8 Å². The fourth-order valence-corrected chi connectivity index (χ4v) is 5.08. The first-order valence-corrected chi connectivity index (χ1v) is 12.4. The molecule has 4 N–H and O–H groups in total. The molecule has 8 nitrogen and oxygen atoms in total. The number of hydrogen-bond donors (Lipinski definition) is 3. The highest BCUT2D eigenvalue weighted by Crippen LogP contribution is 2.37. The fourth-order valence-electron chi connectivity index (χ4n) is 5.08. The molecule has 5 rings (SSSR count). The first-order valence-electron chi connectivity index (χ1n) is 12.4. The number of benzene rings is 2. The predicted molar refractivity (Wildman–Crippen MR) is 133 cm³/mol. The number of nitrogens with one attached hydrogen (secondary N) is 2. The van der Waals surface area contributed by atoms with Gasteiger partial charge in [0.25, 0.3) is 5.91 Å². The smallest absolute Gasteiger partial charge is 0.361 e. The number of rotatable bonds is 6. The number of alkyl halides is 6. The van der Waals surface area contributed by atoms with Gasteiger partial charge in [0, 0.05) is 61.4 Å². The number of para-hydroxylation sites is 1. The van der Waals surface area contributed by atoms with Crippen LogP contribution in [0.4, 0.5) is 26.3 Å². The number of carbonyl (C=O) groups excluding carboxylic acids is 1. The van der Waals surface area contributed by atoms with Crippen molar-refractivity contribution in [2.75, 3.05) is 19.6 Å². The summed E-state index contributed by atoms with van der Waals surface area (Å²) in [6, 6.07) is 7.93. The molecule has 4 aromatic rings. The fraction of sp³-hybridized carbons (Fsp3) is 0.346. The summed E-state index contributed by atoms with van der Waals surface area (Å²) in [5.41, 5.74) is 4.94. The number of fused-ring (bicyclic) bond motifs is 1. The van der Waals surface area contributed by atoms with E-state index in [1.165, 1.54) is 4.90 Å². The highest BCUT2D eigenvalue weighted by Gasteiger charge is 2.39. The topological polar surface area (TPSA) is 107 Å². The van der Waals surface area contributed by atoms with Crippen LogP contribution in [-0.2, 0) is 31.9 Å². The Balaban J connectivity index is 1.48. The van der Waals surface area contributed by atoms with Crippen molar-refractivity contribution in [3.05, 3.63) is 82.3 Å². The highest BCUT2D eigenvalue weighted by atomic mass is 19.4. The van der Waals surface area contributed by atoms with Crippen LogP contribution in [0, 0.1) is 0 Å². The van der Waals surface area contributed by atoms with Gasteiger partial charge in [-0.25, -0.2) is 0 Å². The molecule has 1 amide bonds. The van der Waals surface area contributed by atoms with Gasteiger partial charge in [-0.3, -0.25) is 9.69 Å². The molecular formula is C26H25F6N7O. The van der Waals surface area contributed by atoms with Crippen molar-refractivity contribution < 1.29 is 31.1 Å². The molecule has 1 aliphatic rings. The minimum atomic E-state index is -5.06. The number of carbonyl (C=O) groups is 1. The number of hydrogen-bond acceptors (Lipinski definition) is 5. The summed E-state index contributed by atoms with van der Waals surface area (Å²) in [7, 11) is 0. The molecule has 0 saturated carbocycles. The number of nitrogens with zero attached hydrogens (tertiary/aromatic N) is 4. The normalized spacial score (nSPS) is 17.1. The van der Waals surface area contributed by atoms with E-state index in [-0.39, 0.29) is 19.2 Å². The molecule has 1 unspecified atom stereocenters. The third kappa shape index (κ3) is 5.68. The highest BCUT2D eigenvalue weighted by molar-refractivity contribution is 5.95. The van der Waals surface area contributed by atoms with Gasteiger partial charge in [0.05, 0.1) is 11.1 Å². The lowest BCUT2D eigenvalue weighted by atomic mass is 9.98. The molecule has 2 aromatic carbocycles. The molecule has 40 heavy (non-hydrogen) atoms. The number of halogens is 6. The Morgan fingerprint density at radius 3 is 2.33 bits per heavy atom. The predicted octanol–water partition coefficient (Wildman–Crippen LogP) is 4.35. The standard InChI is InChI=1S/C26H25F6N7O/c27-25(28,29)17-7-15(8-18(10-17)26(30,31)32)24(40)39-6-5-38(14-23-22(11-33)35-37-36-23)13-19(39)9-16-12-34-21-4-2-1-3-20(16)21/h1-4,7-8,10,12,19,34H,5-6,9,11,13-14,33H2,(H,35,36,37).